The average molecular weight is 456 g/mol. The third kappa shape index (κ3) is 5.20. The average Bonchev–Trinajstić information content (AvgIpc) is 3.15. The molecule has 1 fully saturated rings. The van der Waals surface area contributed by atoms with Crippen molar-refractivity contribution in [1.82, 2.24) is 9.62 Å². The molecule has 1 aliphatic heterocycles. The van der Waals surface area contributed by atoms with Crippen LogP contribution < -0.4 is 10.1 Å². The number of nitrogens with zero attached hydrogens (tertiary/aromatic N) is 2. The Kier molecular flexibility index (Phi) is 7.01. The molecule has 2 N–H and O–H groups in total. The molecular weight excluding hydrogens is 437 g/mol. The van der Waals surface area contributed by atoms with E-state index in [2.05, 4.69) is 5.32 Å². The lowest BCUT2D eigenvalue weighted by Crippen LogP contribution is -2.36. The summed E-state index contributed by atoms with van der Waals surface area (Å²) in [5.74, 6) is 0.363. The summed E-state index contributed by atoms with van der Waals surface area (Å²) < 4.78 is 33.7. The van der Waals surface area contributed by atoms with Gasteiger partial charge in [0.25, 0.3) is 0 Å². The molecule has 1 heterocycles. The molecular formula is C19H19Cl2N3O4S. The van der Waals surface area contributed by atoms with E-state index in [1.54, 1.807) is 0 Å². The molecule has 10 heteroatoms. The number of hydrogen-bond acceptors (Lipinski definition) is 6. The normalized spacial score (nSPS) is 17.2. The van der Waals surface area contributed by atoms with Crippen LogP contribution in [-0.4, -0.2) is 50.1 Å². The summed E-state index contributed by atoms with van der Waals surface area (Å²) in [7, 11) is -3.91. The second-order valence-electron chi connectivity index (χ2n) is 6.51. The number of aliphatic hydroxyl groups excluding tert-OH is 1. The molecule has 29 heavy (non-hydrogen) atoms. The van der Waals surface area contributed by atoms with Gasteiger partial charge >= 0.3 is 0 Å². The van der Waals surface area contributed by atoms with Crippen LogP contribution in [0.3, 0.4) is 0 Å². The standard InChI is InChI=1S/C19H19Cl2N3O4S/c20-14-8-15(21)10-17(9-14)28-18-2-1-13(11-22)7-19(18)29(26,27)24-5-3-16(12-24)23-4-6-25/h1-2,7-10,16,23,25H,3-6,12H2/t16-/m0/s1. The lowest BCUT2D eigenvalue weighted by atomic mass is 10.2. The Morgan fingerprint density at radius 2 is 1.97 bits per heavy atom. The first kappa shape index (κ1) is 21.8. The molecule has 2 aromatic carbocycles. The van der Waals surface area contributed by atoms with Crippen molar-refractivity contribution in [3.8, 4) is 17.6 Å². The Labute approximate surface area is 179 Å². The van der Waals surface area contributed by atoms with Crippen molar-refractivity contribution in [3.63, 3.8) is 0 Å². The largest absolute Gasteiger partial charge is 0.456 e. The van der Waals surface area contributed by atoms with E-state index in [4.69, 9.17) is 33.0 Å². The van der Waals surface area contributed by atoms with Crippen LogP contribution in [0, 0.1) is 11.3 Å². The fraction of sp³-hybridized carbons (Fsp3) is 0.316. The molecule has 0 amide bonds. The molecule has 2 aromatic rings. The van der Waals surface area contributed by atoms with Gasteiger partial charge in [0.1, 0.15) is 16.4 Å². The fourth-order valence-electron chi connectivity index (χ4n) is 3.10. The monoisotopic (exact) mass is 455 g/mol. The van der Waals surface area contributed by atoms with E-state index in [1.165, 1.54) is 40.7 Å². The molecule has 1 aliphatic rings. The van der Waals surface area contributed by atoms with Crippen molar-refractivity contribution < 1.29 is 18.3 Å². The van der Waals surface area contributed by atoms with Crippen LogP contribution in [0.4, 0.5) is 0 Å². The van der Waals surface area contributed by atoms with Gasteiger partial charge in [0.05, 0.1) is 18.2 Å². The third-order valence-electron chi connectivity index (χ3n) is 4.45. The Morgan fingerprint density at radius 1 is 1.24 bits per heavy atom. The van der Waals surface area contributed by atoms with Crippen LogP contribution in [0.15, 0.2) is 41.3 Å². The highest BCUT2D eigenvalue weighted by molar-refractivity contribution is 7.89. The summed E-state index contributed by atoms with van der Waals surface area (Å²) >= 11 is 12.0. The van der Waals surface area contributed by atoms with Gasteiger partial charge in [0.15, 0.2) is 0 Å². The van der Waals surface area contributed by atoms with Crippen molar-refractivity contribution in [2.24, 2.45) is 0 Å². The number of sulfonamides is 1. The summed E-state index contributed by atoms with van der Waals surface area (Å²) in [6, 6.07) is 10.7. The molecule has 0 bridgehead atoms. The number of benzene rings is 2. The minimum Gasteiger partial charge on any atom is -0.456 e. The lowest BCUT2D eigenvalue weighted by molar-refractivity contribution is 0.284. The van der Waals surface area contributed by atoms with Crippen molar-refractivity contribution in [3.05, 3.63) is 52.0 Å². The van der Waals surface area contributed by atoms with Crippen LogP contribution in [0.2, 0.25) is 10.0 Å². The number of nitrogens with one attached hydrogen (secondary N) is 1. The SMILES string of the molecule is N#Cc1ccc(Oc2cc(Cl)cc(Cl)c2)c(S(=O)(=O)N2CC[C@H](NCCO)C2)c1. The molecule has 154 valence electrons. The Bertz CT molecular complexity index is 1020. The highest BCUT2D eigenvalue weighted by atomic mass is 35.5. The summed E-state index contributed by atoms with van der Waals surface area (Å²) in [6.07, 6.45) is 0.622. The number of ether oxygens (including phenoxy) is 1. The second-order valence-corrected chi connectivity index (χ2v) is 9.29. The van der Waals surface area contributed by atoms with Crippen molar-refractivity contribution in [2.45, 2.75) is 17.4 Å². The summed E-state index contributed by atoms with van der Waals surface area (Å²) in [5, 5.41) is 22.0. The van der Waals surface area contributed by atoms with Crippen molar-refractivity contribution >= 4 is 33.2 Å². The van der Waals surface area contributed by atoms with E-state index in [9.17, 15) is 13.7 Å². The van der Waals surface area contributed by atoms with Crippen LogP contribution >= 0.6 is 23.2 Å². The van der Waals surface area contributed by atoms with E-state index in [1.807, 2.05) is 6.07 Å². The van der Waals surface area contributed by atoms with Gasteiger partial charge < -0.3 is 15.2 Å². The van der Waals surface area contributed by atoms with E-state index in [0.717, 1.165) is 0 Å². The van der Waals surface area contributed by atoms with Gasteiger partial charge in [-0.15, -0.1) is 0 Å². The first-order chi connectivity index (χ1) is 13.8. The number of hydrogen-bond donors (Lipinski definition) is 2. The zero-order valence-corrected chi connectivity index (χ0v) is 17.6. The van der Waals surface area contributed by atoms with E-state index < -0.39 is 10.0 Å². The molecule has 0 unspecified atom stereocenters. The highest BCUT2D eigenvalue weighted by Crippen LogP contribution is 2.35. The van der Waals surface area contributed by atoms with E-state index in [-0.39, 0.29) is 41.2 Å². The predicted octanol–water partition coefficient (Wildman–Crippen LogP) is 3.00. The number of rotatable bonds is 7. The maximum atomic E-state index is 13.3. The number of aliphatic hydroxyl groups is 1. The van der Waals surface area contributed by atoms with Gasteiger partial charge in [-0.25, -0.2) is 8.42 Å². The highest BCUT2D eigenvalue weighted by Gasteiger charge is 2.34. The molecule has 0 aliphatic carbocycles. The Morgan fingerprint density at radius 3 is 2.62 bits per heavy atom. The van der Waals surface area contributed by atoms with Gasteiger partial charge in [0, 0.05) is 35.7 Å². The van der Waals surface area contributed by atoms with Crippen LogP contribution in [-0.2, 0) is 10.0 Å². The number of halogens is 2. The maximum absolute atomic E-state index is 13.3. The molecule has 0 radical (unpaired) electrons. The van der Waals surface area contributed by atoms with E-state index in [0.29, 0.717) is 29.6 Å². The lowest BCUT2D eigenvalue weighted by Gasteiger charge is -2.19. The molecule has 1 atom stereocenters. The van der Waals surface area contributed by atoms with Crippen molar-refractivity contribution in [2.75, 3.05) is 26.2 Å². The first-order valence-electron chi connectivity index (χ1n) is 8.86. The van der Waals surface area contributed by atoms with Gasteiger partial charge in [-0.2, -0.15) is 9.57 Å². The Balaban J connectivity index is 1.94. The van der Waals surface area contributed by atoms with Gasteiger partial charge in [-0.05, 0) is 42.8 Å². The zero-order chi connectivity index (χ0) is 21.0. The molecule has 7 nitrogen and oxygen atoms in total. The van der Waals surface area contributed by atoms with Crippen molar-refractivity contribution in [1.29, 1.82) is 5.26 Å². The molecule has 0 saturated carbocycles. The maximum Gasteiger partial charge on any atom is 0.246 e. The predicted molar refractivity (Wildman–Crippen MR) is 110 cm³/mol. The first-order valence-corrected chi connectivity index (χ1v) is 11.1. The zero-order valence-electron chi connectivity index (χ0n) is 15.3. The topological polar surface area (TPSA) is 103 Å². The molecule has 0 aromatic heterocycles. The number of nitriles is 1. The molecule has 1 saturated heterocycles. The molecule has 0 spiro atoms. The quantitative estimate of drug-likeness (QED) is 0.664. The second kappa shape index (κ2) is 9.30. The summed E-state index contributed by atoms with van der Waals surface area (Å²) in [6.45, 7) is 0.964. The summed E-state index contributed by atoms with van der Waals surface area (Å²) in [4.78, 5) is -0.101. The van der Waals surface area contributed by atoms with E-state index >= 15 is 0 Å². The van der Waals surface area contributed by atoms with Crippen LogP contribution in [0.5, 0.6) is 11.5 Å². The van der Waals surface area contributed by atoms with Crippen LogP contribution in [0.1, 0.15) is 12.0 Å². The van der Waals surface area contributed by atoms with Crippen LogP contribution in [0.25, 0.3) is 0 Å². The minimum atomic E-state index is -3.91. The minimum absolute atomic E-state index is 0.0202. The summed E-state index contributed by atoms with van der Waals surface area (Å²) in [5.41, 5.74) is 0.203. The van der Waals surface area contributed by atoms with Gasteiger partial charge in [-0.1, -0.05) is 23.2 Å². The third-order valence-corrected chi connectivity index (χ3v) is 6.77. The Hall–Kier alpha value is -1.86. The smallest absolute Gasteiger partial charge is 0.246 e. The fourth-order valence-corrected chi connectivity index (χ4v) is 5.24. The van der Waals surface area contributed by atoms with Gasteiger partial charge in [0.2, 0.25) is 10.0 Å². The van der Waals surface area contributed by atoms with Gasteiger partial charge in [-0.3, -0.25) is 0 Å². The molecule has 3 rings (SSSR count).